The molecule has 0 spiro atoms. The first-order chi connectivity index (χ1) is 21.9. The standard InChI is InChI=1S/C32H45N5O8S/c1-45-29(40)11-7-4-8-17-37(28(39)21-35-30(41)26(34)19-23-12-14-24(38)15-13-23)27(20-22-9-5-3-6-10-22)32(43)36-31(42)25(33)16-18-46(2)44/h3,5-6,9-10,12-15,25-27,38H,4,7-8,11,16-21,33-34H2,1-2H3,(H,35,41)(H,36,42,43)/t25?,26-,27-,46?/m0/s1. The Kier molecular flexibility index (Phi) is 16.6. The molecule has 2 unspecified atom stereocenters. The second kappa shape index (κ2) is 20.1. The lowest BCUT2D eigenvalue weighted by atomic mass is 10.0. The van der Waals surface area contributed by atoms with Gasteiger partial charge in [-0.3, -0.25) is 33.5 Å². The number of amides is 4. The van der Waals surface area contributed by atoms with Gasteiger partial charge in [0.05, 0.1) is 25.7 Å². The fourth-order valence-corrected chi connectivity index (χ4v) is 5.15. The van der Waals surface area contributed by atoms with E-state index >= 15 is 0 Å². The first kappa shape index (κ1) is 38.0. The number of benzene rings is 2. The molecule has 0 heterocycles. The molecular weight excluding hydrogens is 614 g/mol. The van der Waals surface area contributed by atoms with Crippen molar-refractivity contribution in [3.8, 4) is 5.75 Å². The summed E-state index contributed by atoms with van der Waals surface area (Å²) in [5.74, 6) is -2.77. The quantitative estimate of drug-likeness (QED) is 0.103. The molecule has 0 aliphatic carbocycles. The third-order valence-electron chi connectivity index (χ3n) is 7.22. The molecule has 0 fully saturated rings. The highest BCUT2D eigenvalue weighted by Gasteiger charge is 2.32. The molecule has 0 aromatic heterocycles. The zero-order chi connectivity index (χ0) is 34.1. The lowest BCUT2D eigenvalue weighted by molar-refractivity contribution is -0.143. The van der Waals surface area contributed by atoms with Crippen LogP contribution in [0.2, 0.25) is 0 Å². The monoisotopic (exact) mass is 659 g/mol. The van der Waals surface area contributed by atoms with E-state index in [4.69, 9.17) is 11.5 Å². The van der Waals surface area contributed by atoms with Crippen molar-refractivity contribution in [2.75, 3.05) is 32.2 Å². The largest absolute Gasteiger partial charge is 0.508 e. The van der Waals surface area contributed by atoms with Crippen molar-refractivity contribution < 1.29 is 38.0 Å². The molecule has 0 saturated heterocycles. The Balaban J connectivity index is 2.23. The number of phenols is 1. The normalized spacial score (nSPS) is 13.5. The van der Waals surface area contributed by atoms with Gasteiger partial charge < -0.3 is 31.5 Å². The van der Waals surface area contributed by atoms with Crippen molar-refractivity contribution in [3.63, 3.8) is 0 Å². The molecule has 0 aliphatic rings. The summed E-state index contributed by atoms with van der Waals surface area (Å²) in [6, 6.07) is 12.0. The number of hydrogen-bond donors (Lipinski definition) is 5. The zero-order valence-electron chi connectivity index (χ0n) is 26.3. The highest BCUT2D eigenvalue weighted by atomic mass is 32.2. The van der Waals surface area contributed by atoms with Crippen molar-refractivity contribution in [1.29, 1.82) is 0 Å². The molecular formula is C32H45N5O8S. The van der Waals surface area contributed by atoms with Crippen LogP contribution in [0.1, 0.15) is 43.2 Å². The SMILES string of the molecule is COC(=O)CCCCCN(C(=O)CNC(=O)[C@@H](N)Cc1ccc(O)cc1)[C@@H](Cc1ccccc1)C(=O)NC(=O)C(N)CCS(C)=O. The van der Waals surface area contributed by atoms with Gasteiger partial charge in [0.15, 0.2) is 0 Å². The molecule has 4 atom stereocenters. The molecule has 0 aliphatic heterocycles. The molecule has 46 heavy (non-hydrogen) atoms. The number of nitrogens with one attached hydrogen (secondary N) is 2. The second-order valence-corrected chi connectivity index (χ2v) is 12.5. The second-order valence-electron chi connectivity index (χ2n) is 10.9. The van der Waals surface area contributed by atoms with Crippen LogP contribution in [0, 0.1) is 0 Å². The molecule has 0 radical (unpaired) electrons. The zero-order valence-corrected chi connectivity index (χ0v) is 27.1. The van der Waals surface area contributed by atoms with E-state index < -0.39 is 59.1 Å². The van der Waals surface area contributed by atoms with Crippen molar-refractivity contribution in [2.45, 2.75) is 63.1 Å². The van der Waals surface area contributed by atoms with Gasteiger partial charge in [-0.2, -0.15) is 0 Å². The van der Waals surface area contributed by atoms with E-state index in [0.717, 1.165) is 5.56 Å². The number of ether oxygens (including phenoxy) is 1. The van der Waals surface area contributed by atoms with Crippen molar-refractivity contribution >= 4 is 40.4 Å². The average Bonchev–Trinajstić information content (AvgIpc) is 3.04. The van der Waals surface area contributed by atoms with E-state index in [1.165, 1.54) is 30.4 Å². The van der Waals surface area contributed by atoms with Crippen LogP contribution in [-0.4, -0.2) is 94.1 Å². The Bertz CT molecular complexity index is 1330. The number of rotatable bonds is 19. The Morgan fingerprint density at radius 1 is 0.870 bits per heavy atom. The molecule has 2 rings (SSSR count). The van der Waals surface area contributed by atoms with Gasteiger partial charge in [-0.1, -0.05) is 48.9 Å². The third-order valence-corrected chi connectivity index (χ3v) is 8.03. The van der Waals surface area contributed by atoms with E-state index in [-0.39, 0.29) is 49.7 Å². The Morgan fingerprint density at radius 3 is 2.15 bits per heavy atom. The summed E-state index contributed by atoms with van der Waals surface area (Å²) in [5.41, 5.74) is 13.4. The maximum Gasteiger partial charge on any atom is 0.305 e. The summed E-state index contributed by atoms with van der Waals surface area (Å²) in [4.78, 5) is 65.7. The van der Waals surface area contributed by atoms with Gasteiger partial charge in [-0.05, 0) is 48.9 Å². The Hall–Kier alpha value is -4.14. The Morgan fingerprint density at radius 2 is 1.52 bits per heavy atom. The summed E-state index contributed by atoms with van der Waals surface area (Å²) in [5, 5.41) is 14.3. The number of unbranched alkanes of at least 4 members (excludes halogenated alkanes) is 2. The molecule has 2 aromatic rings. The molecule has 252 valence electrons. The number of nitrogens with zero attached hydrogens (tertiary/aromatic N) is 1. The molecule has 7 N–H and O–H groups in total. The highest BCUT2D eigenvalue weighted by molar-refractivity contribution is 7.84. The fourth-order valence-electron chi connectivity index (χ4n) is 4.56. The maximum absolute atomic E-state index is 13.7. The third kappa shape index (κ3) is 13.9. The topological polar surface area (TPSA) is 211 Å². The minimum atomic E-state index is -1.18. The average molecular weight is 660 g/mol. The smallest absolute Gasteiger partial charge is 0.305 e. The molecule has 0 saturated carbocycles. The molecule has 14 heteroatoms. The van der Waals surface area contributed by atoms with Crippen LogP contribution in [0.5, 0.6) is 5.75 Å². The predicted octanol–water partition coefficient (Wildman–Crippen LogP) is 0.290. The fraction of sp³-hybridized carbons (Fsp3) is 0.469. The van der Waals surface area contributed by atoms with Gasteiger partial charge in [0.25, 0.3) is 0 Å². The van der Waals surface area contributed by atoms with Crippen LogP contribution in [-0.2, 0) is 52.4 Å². The molecule has 13 nitrogen and oxygen atoms in total. The van der Waals surface area contributed by atoms with E-state index in [1.807, 2.05) is 0 Å². The number of nitrogens with two attached hydrogens (primary N) is 2. The minimum Gasteiger partial charge on any atom is -0.508 e. The van der Waals surface area contributed by atoms with Crippen molar-refractivity contribution in [1.82, 2.24) is 15.5 Å². The lowest BCUT2D eigenvalue weighted by Crippen LogP contribution is -2.56. The number of aromatic hydroxyl groups is 1. The van der Waals surface area contributed by atoms with Gasteiger partial charge >= 0.3 is 5.97 Å². The van der Waals surface area contributed by atoms with E-state index in [1.54, 1.807) is 42.5 Å². The van der Waals surface area contributed by atoms with Crippen LogP contribution >= 0.6 is 0 Å². The summed E-state index contributed by atoms with van der Waals surface area (Å²) in [6.45, 7) is -0.367. The van der Waals surface area contributed by atoms with Crippen LogP contribution in [0.4, 0.5) is 0 Å². The summed E-state index contributed by atoms with van der Waals surface area (Å²) >= 11 is 0. The lowest BCUT2D eigenvalue weighted by Gasteiger charge is -2.31. The van der Waals surface area contributed by atoms with Gasteiger partial charge in [-0.15, -0.1) is 0 Å². The van der Waals surface area contributed by atoms with E-state index in [9.17, 15) is 33.3 Å². The Labute approximate surface area is 271 Å². The van der Waals surface area contributed by atoms with Gasteiger partial charge in [0.1, 0.15) is 11.8 Å². The first-order valence-corrected chi connectivity index (χ1v) is 16.8. The molecule has 2 aromatic carbocycles. The van der Waals surface area contributed by atoms with E-state index in [2.05, 4.69) is 15.4 Å². The highest BCUT2D eigenvalue weighted by Crippen LogP contribution is 2.14. The molecule has 4 amide bonds. The number of imide groups is 1. The van der Waals surface area contributed by atoms with E-state index in [0.29, 0.717) is 24.8 Å². The number of hydrogen-bond acceptors (Lipinski definition) is 10. The van der Waals surface area contributed by atoms with Crippen molar-refractivity contribution in [2.24, 2.45) is 11.5 Å². The van der Waals surface area contributed by atoms with Crippen molar-refractivity contribution in [3.05, 3.63) is 65.7 Å². The summed E-state index contributed by atoms with van der Waals surface area (Å²) in [7, 11) is 0.124. The maximum atomic E-state index is 13.7. The number of phenolic OH excluding ortho intramolecular Hbond substituents is 1. The van der Waals surface area contributed by atoms with Crippen LogP contribution in [0.15, 0.2) is 54.6 Å². The first-order valence-electron chi connectivity index (χ1n) is 15.0. The summed E-state index contributed by atoms with van der Waals surface area (Å²) < 4.78 is 16.1. The van der Waals surface area contributed by atoms with Crippen LogP contribution in [0.25, 0.3) is 0 Å². The number of carbonyl (C=O) groups is 5. The predicted molar refractivity (Wildman–Crippen MR) is 174 cm³/mol. The summed E-state index contributed by atoms with van der Waals surface area (Å²) in [6.07, 6.45) is 3.48. The van der Waals surface area contributed by atoms with Crippen LogP contribution < -0.4 is 22.1 Å². The number of esters is 1. The molecule has 0 bridgehead atoms. The number of methoxy groups -OCH3 is 1. The van der Waals surface area contributed by atoms with Crippen LogP contribution in [0.3, 0.4) is 0 Å². The number of carbonyl (C=O) groups excluding carboxylic acids is 5. The van der Waals surface area contributed by atoms with Gasteiger partial charge in [0, 0.05) is 42.2 Å². The van der Waals surface area contributed by atoms with Gasteiger partial charge in [0.2, 0.25) is 23.6 Å². The minimum absolute atomic E-state index is 0.0659. The van der Waals surface area contributed by atoms with Gasteiger partial charge in [-0.25, -0.2) is 0 Å².